The molecule has 4 nitrogen and oxygen atoms in total. The molecule has 0 aliphatic heterocycles. The summed E-state index contributed by atoms with van der Waals surface area (Å²) in [6.07, 6.45) is 3.81. The van der Waals surface area contributed by atoms with Gasteiger partial charge in [-0.05, 0) is 19.8 Å². The fourth-order valence-electron chi connectivity index (χ4n) is 0.799. The Morgan fingerprint density at radius 1 is 1.42 bits per heavy atom. The van der Waals surface area contributed by atoms with Crippen LogP contribution >= 0.6 is 0 Å². The Hall–Kier alpha value is -1.32. The molecule has 1 rings (SSSR count). The molecule has 1 saturated carbocycles. The van der Waals surface area contributed by atoms with Crippen molar-refractivity contribution < 1.29 is 14.7 Å². The lowest BCUT2D eigenvalue weighted by atomic mass is 10.3. The summed E-state index contributed by atoms with van der Waals surface area (Å²) in [4.78, 5) is 21.0. The van der Waals surface area contributed by atoms with E-state index in [0.29, 0.717) is 0 Å². The van der Waals surface area contributed by atoms with Crippen LogP contribution in [0.3, 0.4) is 0 Å². The summed E-state index contributed by atoms with van der Waals surface area (Å²) in [5.74, 6) is -1.44. The molecule has 1 fully saturated rings. The Kier molecular flexibility index (Phi) is 2.17. The number of carboxylic acid groups (broad SMARTS) is 1. The first-order valence-electron chi connectivity index (χ1n) is 3.75. The first-order valence-corrected chi connectivity index (χ1v) is 3.75. The largest absolute Gasteiger partial charge is 0.478 e. The molecule has 0 bridgehead atoms. The van der Waals surface area contributed by atoms with Crippen LogP contribution < -0.4 is 5.32 Å². The van der Waals surface area contributed by atoms with E-state index in [9.17, 15) is 9.59 Å². The molecule has 0 aromatic rings. The summed E-state index contributed by atoms with van der Waals surface area (Å²) >= 11 is 0. The summed E-state index contributed by atoms with van der Waals surface area (Å²) < 4.78 is 0. The summed E-state index contributed by atoms with van der Waals surface area (Å²) in [6, 6.07) is 0. The lowest BCUT2D eigenvalue weighted by Gasteiger charge is -2.07. The molecule has 1 aliphatic carbocycles. The second-order valence-electron chi connectivity index (χ2n) is 3.22. The third-order valence-corrected chi connectivity index (χ3v) is 1.80. The molecule has 1 aliphatic rings. The second kappa shape index (κ2) is 2.97. The molecule has 0 radical (unpaired) electrons. The van der Waals surface area contributed by atoms with Gasteiger partial charge in [-0.25, -0.2) is 4.79 Å². The third-order valence-electron chi connectivity index (χ3n) is 1.80. The number of carbonyl (C=O) groups excluding carboxylic acids is 1. The SMILES string of the molecule is CC1(NC(=O)/C=C/C(=O)O)CC1. The average Bonchev–Trinajstić information content (AvgIpc) is 2.64. The van der Waals surface area contributed by atoms with Gasteiger partial charge in [0, 0.05) is 17.7 Å². The second-order valence-corrected chi connectivity index (χ2v) is 3.22. The van der Waals surface area contributed by atoms with Crippen molar-refractivity contribution in [3.05, 3.63) is 12.2 Å². The number of carbonyl (C=O) groups is 2. The van der Waals surface area contributed by atoms with Gasteiger partial charge < -0.3 is 10.4 Å². The van der Waals surface area contributed by atoms with Crippen molar-refractivity contribution in [3.8, 4) is 0 Å². The van der Waals surface area contributed by atoms with E-state index in [1.165, 1.54) is 0 Å². The summed E-state index contributed by atoms with van der Waals surface area (Å²) in [6.45, 7) is 1.93. The van der Waals surface area contributed by atoms with Gasteiger partial charge in [0.25, 0.3) is 0 Å². The van der Waals surface area contributed by atoms with Gasteiger partial charge in [-0.1, -0.05) is 0 Å². The molecule has 0 aromatic carbocycles. The lowest BCUT2D eigenvalue weighted by molar-refractivity contribution is -0.131. The van der Waals surface area contributed by atoms with Crippen molar-refractivity contribution in [1.82, 2.24) is 5.32 Å². The van der Waals surface area contributed by atoms with E-state index >= 15 is 0 Å². The Balaban J connectivity index is 2.34. The van der Waals surface area contributed by atoms with E-state index in [1.54, 1.807) is 0 Å². The molecule has 0 unspecified atom stereocenters. The zero-order chi connectivity index (χ0) is 9.19. The maximum absolute atomic E-state index is 10.9. The Morgan fingerprint density at radius 2 is 2.00 bits per heavy atom. The van der Waals surface area contributed by atoms with E-state index in [0.717, 1.165) is 25.0 Å². The van der Waals surface area contributed by atoms with Gasteiger partial charge in [0.1, 0.15) is 0 Å². The molecule has 1 amide bonds. The number of amides is 1. The van der Waals surface area contributed by atoms with E-state index in [4.69, 9.17) is 5.11 Å². The molecule has 2 N–H and O–H groups in total. The zero-order valence-electron chi connectivity index (χ0n) is 6.83. The van der Waals surface area contributed by atoms with Gasteiger partial charge in [0.05, 0.1) is 0 Å². The quantitative estimate of drug-likeness (QED) is 0.597. The Bertz CT molecular complexity index is 241. The first kappa shape index (κ1) is 8.77. The lowest BCUT2D eigenvalue weighted by Crippen LogP contribution is -2.32. The Morgan fingerprint density at radius 3 is 2.42 bits per heavy atom. The van der Waals surface area contributed by atoms with Crippen LogP contribution in [0.4, 0.5) is 0 Å². The van der Waals surface area contributed by atoms with Gasteiger partial charge >= 0.3 is 5.97 Å². The van der Waals surface area contributed by atoms with Gasteiger partial charge in [-0.3, -0.25) is 4.79 Å². The van der Waals surface area contributed by atoms with Crippen LogP contribution in [0.25, 0.3) is 0 Å². The number of carboxylic acids is 1. The molecule has 4 heteroatoms. The molecule has 12 heavy (non-hydrogen) atoms. The van der Waals surface area contributed by atoms with E-state index < -0.39 is 5.97 Å². The monoisotopic (exact) mass is 169 g/mol. The fourth-order valence-corrected chi connectivity index (χ4v) is 0.799. The molecule has 0 spiro atoms. The highest BCUT2D eigenvalue weighted by atomic mass is 16.4. The van der Waals surface area contributed by atoms with Crippen LogP contribution in [0.2, 0.25) is 0 Å². The smallest absolute Gasteiger partial charge is 0.328 e. The molecule has 0 heterocycles. The third kappa shape index (κ3) is 2.74. The molecular weight excluding hydrogens is 158 g/mol. The van der Waals surface area contributed by atoms with E-state index in [-0.39, 0.29) is 11.4 Å². The maximum Gasteiger partial charge on any atom is 0.328 e. The highest BCUT2D eigenvalue weighted by Gasteiger charge is 2.38. The van der Waals surface area contributed by atoms with Crippen LogP contribution in [0, 0.1) is 0 Å². The fraction of sp³-hybridized carbons (Fsp3) is 0.500. The molecule has 0 atom stereocenters. The minimum Gasteiger partial charge on any atom is -0.478 e. The number of hydrogen-bond acceptors (Lipinski definition) is 2. The molecule has 66 valence electrons. The van der Waals surface area contributed by atoms with Crippen molar-refractivity contribution in [2.75, 3.05) is 0 Å². The number of rotatable bonds is 3. The number of hydrogen-bond donors (Lipinski definition) is 2. The van der Waals surface area contributed by atoms with Crippen molar-refractivity contribution in [2.45, 2.75) is 25.3 Å². The van der Waals surface area contributed by atoms with E-state index in [2.05, 4.69) is 5.32 Å². The zero-order valence-corrected chi connectivity index (χ0v) is 6.83. The first-order chi connectivity index (χ1) is 5.52. The standard InChI is InChI=1S/C8H11NO3/c1-8(4-5-8)9-6(10)2-3-7(11)12/h2-3H,4-5H2,1H3,(H,9,10)(H,11,12)/b3-2+. The normalized spacial score (nSPS) is 19.1. The summed E-state index contributed by atoms with van der Waals surface area (Å²) in [5, 5.41) is 10.9. The minimum absolute atomic E-state index is 0.0834. The summed E-state index contributed by atoms with van der Waals surface area (Å²) in [5.41, 5.74) is -0.0834. The maximum atomic E-state index is 10.9. The van der Waals surface area contributed by atoms with Crippen molar-refractivity contribution in [3.63, 3.8) is 0 Å². The van der Waals surface area contributed by atoms with E-state index in [1.807, 2.05) is 6.92 Å². The molecule has 0 aromatic heterocycles. The predicted molar refractivity (Wildman–Crippen MR) is 42.6 cm³/mol. The predicted octanol–water partition coefficient (Wildman–Crippen LogP) is 0.296. The van der Waals surface area contributed by atoms with Crippen LogP contribution in [-0.2, 0) is 9.59 Å². The Labute approximate surface area is 70.3 Å². The average molecular weight is 169 g/mol. The van der Waals surface area contributed by atoms with Crippen LogP contribution in [0.15, 0.2) is 12.2 Å². The topological polar surface area (TPSA) is 66.4 Å². The molecule has 0 saturated heterocycles. The van der Waals surface area contributed by atoms with Crippen LogP contribution in [-0.4, -0.2) is 22.5 Å². The van der Waals surface area contributed by atoms with Gasteiger partial charge in [0.15, 0.2) is 0 Å². The van der Waals surface area contributed by atoms with Gasteiger partial charge in [0.2, 0.25) is 5.91 Å². The highest BCUT2D eigenvalue weighted by Crippen LogP contribution is 2.34. The van der Waals surface area contributed by atoms with Gasteiger partial charge in [-0.2, -0.15) is 0 Å². The van der Waals surface area contributed by atoms with Gasteiger partial charge in [-0.15, -0.1) is 0 Å². The highest BCUT2D eigenvalue weighted by molar-refractivity contribution is 5.94. The number of aliphatic carboxylic acids is 1. The minimum atomic E-state index is -1.11. The van der Waals surface area contributed by atoms with Crippen molar-refractivity contribution in [2.24, 2.45) is 0 Å². The molecular formula is C8H11NO3. The van der Waals surface area contributed by atoms with Crippen LogP contribution in [0.1, 0.15) is 19.8 Å². The van der Waals surface area contributed by atoms with Crippen molar-refractivity contribution in [1.29, 1.82) is 0 Å². The van der Waals surface area contributed by atoms with Crippen LogP contribution in [0.5, 0.6) is 0 Å². The van der Waals surface area contributed by atoms with Crippen molar-refractivity contribution >= 4 is 11.9 Å². The summed E-state index contributed by atoms with van der Waals surface area (Å²) in [7, 11) is 0. The number of nitrogens with one attached hydrogen (secondary N) is 1.